The molecule has 0 bridgehead atoms. The molecule has 0 aliphatic carbocycles. The second-order valence-electron chi connectivity index (χ2n) is 3.97. The number of aryl methyl sites for hydroxylation is 1. The minimum absolute atomic E-state index is 0.311. The SMILES string of the molecule is COc1ncnc(-c2cnn(C)c2C(=O)CO)c1C. The maximum absolute atomic E-state index is 11.8. The Morgan fingerprint density at radius 3 is 2.84 bits per heavy atom. The summed E-state index contributed by atoms with van der Waals surface area (Å²) in [6.45, 7) is 1.22. The van der Waals surface area contributed by atoms with Gasteiger partial charge in [0.2, 0.25) is 11.7 Å². The van der Waals surface area contributed by atoms with E-state index in [1.54, 1.807) is 14.0 Å². The number of aliphatic hydroxyl groups excluding tert-OH is 1. The standard InChI is InChI=1S/C12H14N4O3/c1-7-10(13-6-14-12(7)19-3)8-4-15-16(2)11(8)9(18)5-17/h4,6,17H,5H2,1-3H3. The van der Waals surface area contributed by atoms with Crippen LogP contribution in [0.4, 0.5) is 0 Å². The fraction of sp³-hybridized carbons (Fsp3) is 0.333. The highest BCUT2D eigenvalue weighted by Gasteiger charge is 2.21. The number of ether oxygens (including phenoxy) is 1. The molecule has 2 heterocycles. The molecule has 0 aliphatic heterocycles. The topological polar surface area (TPSA) is 90.1 Å². The molecule has 0 saturated heterocycles. The summed E-state index contributed by atoms with van der Waals surface area (Å²) in [5, 5.41) is 13.1. The first-order valence-electron chi connectivity index (χ1n) is 5.62. The van der Waals surface area contributed by atoms with Crippen molar-refractivity contribution in [2.75, 3.05) is 13.7 Å². The third kappa shape index (κ3) is 2.19. The van der Waals surface area contributed by atoms with Crippen molar-refractivity contribution in [1.82, 2.24) is 19.7 Å². The Balaban J connectivity index is 2.63. The van der Waals surface area contributed by atoms with Crippen LogP contribution in [-0.4, -0.2) is 44.4 Å². The summed E-state index contributed by atoms with van der Waals surface area (Å²) in [5.74, 6) is 0.0308. The lowest BCUT2D eigenvalue weighted by molar-refractivity contribution is 0.0895. The minimum Gasteiger partial charge on any atom is -0.481 e. The number of nitrogens with zero attached hydrogens (tertiary/aromatic N) is 4. The van der Waals surface area contributed by atoms with Crippen molar-refractivity contribution in [2.45, 2.75) is 6.92 Å². The van der Waals surface area contributed by atoms with E-state index in [9.17, 15) is 4.79 Å². The van der Waals surface area contributed by atoms with Gasteiger partial charge in [0.15, 0.2) is 0 Å². The van der Waals surface area contributed by atoms with Crippen LogP contribution in [-0.2, 0) is 7.05 Å². The quantitative estimate of drug-likeness (QED) is 0.800. The van der Waals surface area contributed by atoms with E-state index in [1.807, 2.05) is 0 Å². The molecule has 0 unspecified atom stereocenters. The fourth-order valence-electron chi connectivity index (χ4n) is 1.93. The van der Waals surface area contributed by atoms with E-state index in [1.165, 1.54) is 24.3 Å². The van der Waals surface area contributed by atoms with E-state index in [0.717, 1.165) is 0 Å². The van der Waals surface area contributed by atoms with Gasteiger partial charge in [-0.05, 0) is 6.92 Å². The van der Waals surface area contributed by atoms with Gasteiger partial charge in [-0.1, -0.05) is 0 Å². The molecule has 0 amide bonds. The molecule has 0 aliphatic rings. The molecule has 100 valence electrons. The Labute approximate surface area is 109 Å². The van der Waals surface area contributed by atoms with E-state index in [0.29, 0.717) is 28.4 Å². The van der Waals surface area contributed by atoms with Crippen molar-refractivity contribution < 1.29 is 14.6 Å². The molecule has 2 rings (SSSR count). The lowest BCUT2D eigenvalue weighted by atomic mass is 10.1. The largest absolute Gasteiger partial charge is 0.481 e. The van der Waals surface area contributed by atoms with Crippen LogP contribution in [0.5, 0.6) is 5.88 Å². The zero-order chi connectivity index (χ0) is 14.0. The van der Waals surface area contributed by atoms with Gasteiger partial charge in [-0.25, -0.2) is 9.97 Å². The Morgan fingerprint density at radius 2 is 2.21 bits per heavy atom. The van der Waals surface area contributed by atoms with Gasteiger partial charge in [0.05, 0.1) is 19.0 Å². The number of carbonyl (C=O) groups excluding carboxylic acids is 1. The maximum Gasteiger partial charge on any atom is 0.219 e. The van der Waals surface area contributed by atoms with Crippen molar-refractivity contribution in [2.24, 2.45) is 7.05 Å². The first-order valence-corrected chi connectivity index (χ1v) is 5.62. The van der Waals surface area contributed by atoms with Crippen LogP contribution in [0.25, 0.3) is 11.3 Å². The molecular formula is C12H14N4O3. The number of Topliss-reactive ketones (excluding diaryl/α,β-unsaturated/α-hetero) is 1. The van der Waals surface area contributed by atoms with Crippen molar-refractivity contribution >= 4 is 5.78 Å². The first kappa shape index (κ1) is 13.2. The zero-order valence-electron chi connectivity index (χ0n) is 10.9. The molecular weight excluding hydrogens is 248 g/mol. The average Bonchev–Trinajstić information content (AvgIpc) is 2.80. The average molecular weight is 262 g/mol. The summed E-state index contributed by atoms with van der Waals surface area (Å²) < 4.78 is 6.55. The molecule has 2 aromatic heterocycles. The molecule has 7 heteroatoms. The third-order valence-corrected chi connectivity index (χ3v) is 2.83. The van der Waals surface area contributed by atoms with E-state index in [4.69, 9.17) is 9.84 Å². The number of methoxy groups -OCH3 is 1. The lowest BCUT2D eigenvalue weighted by Gasteiger charge is -2.08. The molecule has 2 aromatic rings. The molecule has 0 fully saturated rings. The normalized spacial score (nSPS) is 10.5. The van der Waals surface area contributed by atoms with Crippen LogP contribution in [0, 0.1) is 6.92 Å². The third-order valence-electron chi connectivity index (χ3n) is 2.83. The summed E-state index contributed by atoms with van der Waals surface area (Å²) in [5.41, 5.74) is 2.15. The van der Waals surface area contributed by atoms with E-state index in [-0.39, 0.29) is 0 Å². The van der Waals surface area contributed by atoms with Crippen molar-refractivity contribution in [3.05, 3.63) is 23.8 Å². The summed E-state index contributed by atoms with van der Waals surface area (Å²) in [4.78, 5) is 19.9. The highest BCUT2D eigenvalue weighted by atomic mass is 16.5. The van der Waals surface area contributed by atoms with Gasteiger partial charge in [0.1, 0.15) is 18.6 Å². The van der Waals surface area contributed by atoms with Crippen LogP contribution in [0.3, 0.4) is 0 Å². The fourth-order valence-corrected chi connectivity index (χ4v) is 1.93. The number of aliphatic hydroxyl groups is 1. The van der Waals surface area contributed by atoms with Gasteiger partial charge in [-0.3, -0.25) is 9.48 Å². The smallest absolute Gasteiger partial charge is 0.219 e. The summed E-state index contributed by atoms with van der Waals surface area (Å²) in [6.07, 6.45) is 2.90. The minimum atomic E-state index is -0.576. The molecule has 0 saturated carbocycles. The van der Waals surface area contributed by atoms with E-state index < -0.39 is 12.4 Å². The molecule has 7 nitrogen and oxygen atoms in total. The number of hydrogen-bond acceptors (Lipinski definition) is 6. The molecule has 0 radical (unpaired) electrons. The van der Waals surface area contributed by atoms with Crippen LogP contribution in [0.2, 0.25) is 0 Å². The molecule has 0 spiro atoms. The van der Waals surface area contributed by atoms with E-state index >= 15 is 0 Å². The Bertz CT molecular complexity index is 621. The number of carbonyl (C=O) groups is 1. The van der Waals surface area contributed by atoms with Gasteiger partial charge in [0, 0.05) is 18.2 Å². The van der Waals surface area contributed by atoms with Gasteiger partial charge in [-0.2, -0.15) is 5.10 Å². The number of aromatic nitrogens is 4. The van der Waals surface area contributed by atoms with Gasteiger partial charge in [0.25, 0.3) is 0 Å². The second kappa shape index (κ2) is 5.15. The number of rotatable bonds is 4. The Morgan fingerprint density at radius 1 is 1.47 bits per heavy atom. The van der Waals surface area contributed by atoms with Gasteiger partial charge < -0.3 is 9.84 Å². The summed E-state index contributed by atoms with van der Waals surface area (Å²) in [7, 11) is 3.16. The predicted octanol–water partition coefficient (Wildman–Crippen LogP) is 0.369. The number of hydrogen-bond donors (Lipinski definition) is 1. The first-order chi connectivity index (χ1) is 9.10. The zero-order valence-corrected chi connectivity index (χ0v) is 10.9. The monoisotopic (exact) mass is 262 g/mol. The van der Waals surface area contributed by atoms with E-state index in [2.05, 4.69) is 15.1 Å². The van der Waals surface area contributed by atoms with Crippen LogP contribution in [0.15, 0.2) is 12.5 Å². The summed E-state index contributed by atoms with van der Waals surface area (Å²) >= 11 is 0. The highest BCUT2D eigenvalue weighted by Crippen LogP contribution is 2.28. The van der Waals surface area contributed by atoms with Crippen molar-refractivity contribution in [1.29, 1.82) is 0 Å². The number of ketones is 1. The molecule has 19 heavy (non-hydrogen) atoms. The predicted molar refractivity (Wildman–Crippen MR) is 66.9 cm³/mol. The molecule has 1 N–H and O–H groups in total. The second-order valence-corrected chi connectivity index (χ2v) is 3.97. The molecule has 0 aromatic carbocycles. The molecule has 0 atom stereocenters. The van der Waals surface area contributed by atoms with Crippen LogP contribution >= 0.6 is 0 Å². The maximum atomic E-state index is 11.8. The lowest BCUT2D eigenvalue weighted by Crippen LogP contribution is -2.12. The Hall–Kier alpha value is -2.28. The Kier molecular flexibility index (Phi) is 3.57. The van der Waals surface area contributed by atoms with Gasteiger partial charge >= 0.3 is 0 Å². The van der Waals surface area contributed by atoms with Crippen molar-refractivity contribution in [3.63, 3.8) is 0 Å². The van der Waals surface area contributed by atoms with Crippen molar-refractivity contribution in [3.8, 4) is 17.1 Å². The van der Waals surface area contributed by atoms with Gasteiger partial charge in [-0.15, -0.1) is 0 Å². The van der Waals surface area contributed by atoms with Crippen LogP contribution < -0.4 is 4.74 Å². The van der Waals surface area contributed by atoms with Crippen LogP contribution in [0.1, 0.15) is 16.1 Å². The summed E-state index contributed by atoms with van der Waals surface area (Å²) in [6, 6.07) is 0. The highest BCUT2D eigenvalue weighted by molar-refractivity contribution is 6.01.